The smallest absolute Gasteiger partial charge is 0.221 e. The number of hydrogen-bond acceptors (Lipinski definition) is 4. The Hall–Kier alpha value is -3.57. The van der Waals surface area contributed by atoms with Crippen molar-refractivity contribution in [3.8, 4) is 11.4 Å². The first-order chi connectivity index (χ1) is 15.2. The number of aliphatic hydroxyl groups is 1. The van der Waals surface area contributed by atoms with Gasteiger partial charge >= 0.3 is 0 Å². The van der Waals surface area contributed by atoms with Gasteiger partial charge in [-0.15, -0.1) is 0 Å². The number of para-hydroxylation sites is 1. The van der Waals surface area contributed by atoms with E-state index in [-0.39, 0.29) is 24.9 Å². The summed E-state index contributed by atoms with van der Waals surface area (Å²) in [6.07, 6.45) is 0.262. The molecule has 1 amide bonds. The molecule has 0 aliphatic carbocycles. The fourth-order valence-electron chi connectivity index (χ4n) is 3.74. The number of hydrogen-bond donors (Lipinski definition) is 2. The van der Waals surface area contributed by atoms with E-state index in [1.54, 1.807) is 0 Å². The number of nitrogens with zero attached hydrogens (tertiary/aromatic N) is 2. The van der Waals surface area contributed by atoms with Gasteiger partial charge in [0.15, 0.2) is 5.82 Å². The molecular formula is C26H25N3O2. The average molecular weight is 412 g/mol. The third-order valence-corrected chi connectivity index (χ3v) is 5.34. The topological polar surface area (TPSA) is 75.1 Å². The van der Waals surface area contributed by atoms with Crippen LogP contribution >= 0.6 is 0 Å². The molecule has 0 saturated heterocycles. The van der Waals surface area contributed by atoms with Crippen LogP contribution in [0, 0.1) is 0 Å². The van der Waals surface area contributed by atoms with E-state index in [0.717, 1.165) is 27.7 Å². The van der Waals surface area contributed by atoms with E-state index in [0.29, 0.717) is 5.82 Å². The number of fused-ring (bicyclic) bond motifs is 1. The summed E-state index contributed by atoms with van der Waals surface area (Å²) in [6.45, 7) is 1.85. The Morgan fingerprint density at radius 1 is 0.903 bits per heavy atom. The quantitative estimate of drug-likeness (QED) is 0.465. The monoisotopic (exact) mass is 411 g/mol. The van der Waals surface area contributed by atoms with Crippen LogP contribution in [0.3, 0.4) is 0 Å². The molecule has 4 aromatic rings. The molecule has 1 heterocycles. The number of carbonyl (C=O) groups excluding carboxylic acids is 1. The van der Waals surface area contributed by atoms with E-state index in [4.69, 9.17) is 9.97 Å². The highest BCUT2D eigenvalue weighted by atomic mass is 16.3. The normalized spacial score (nSPS) is 13.0. The molecule has 3 aromatic carbocycles. The van der Waals surface area contributed by atoms with Crippen molar-refractivity contribution in [2.24, 2.45) is 0 Å². The van der Waals surface area contributed by atoms with Gasteiger partial charge in [-0.3, -0.25) is 4.79 Å². The molecule has 5 heteroatoms. The zero-order valence-electron chi connectivity index (χ0n) is 17.4. The van der Waals surface area contributed by atoms with Gasteiger partial charge in [-0.25, -0.2) is 9.97 Å². The lowest BCUT2D eigenvalue weighted by Crippen LogP contribution is -2.31. The molecule has 0 spiro atoms. The summed E-state index contributed by atoms with van der Waals surface area (Å²) in [5.41, 5.74) is 3.52. The fourth-order valence-corrected chi connectivity index (χ4v) is 3.74. The maximum atomic E-state index is 12.8. The molecule has 31 heavy (non-hydrogen) atoms. The van der Waals surface area contributed by atoms with Crippen molar-refractivity contribution in [3.05, 3.63) is 96.2 Å². The number of rotatable bonds is 7. The van der Waals surface area contributed by atoms with Crippen molar-refractivity contribution in [1.82, 2.24) is 15.3 Å². The van der Waals surface area contributed by atoms with Crippen molar-refractivity contribution in [2.75, 3.05) is 6.61 Å². The molecule has 5 nitrogen and oxygen atoms in total. The lowest BCUT2D eigenvalue weighted by molar-refractivity contribution is -0.122. The first-order valence-corrected chi connectivity index (χ1v) is 10.4. The highest BCUT2D eigenvalue weighted by Gasteiger charge is 2.20. The summed E-state index contributed by atoms with van der Waals surface area (Å²) >= 11 is 0. The molecule has 0 saturated carbocycles. The van der Waals surface area contributed by atoms with E-state index in [9.17, 15) is 9.90 Å². The summed E-state index contributed by atoms with van der Waals surface area (Å²) in [7, 11) is 0. The van der Waals surface area contributed by atoms with E-state index in [1.807, 2.05) is 91.9 Å². The summed E-state index contributed by atoms with van der Waals surface area (Å²) in [6, 6.07) is 26.8. The van der Waals surface area contributed by atoms with Crippen molar-refractivity contribution in [2.45, 2.75) is 25.3 Å². The Balaban J connectivity index is 1.59. The zero-order chi connectivity index (χ0) is 21.6. The lowest BCUT2D eigenvalue weighted by atomic mass is 9.98. The maximum Gasteiger partial charge on any atom is 0.221 e. The van der Waals surface area contributed by atoms with Crippen LogP contribution < -0.4 is 5.32 Å². The second-order valence-corrected chi connectivity index (χ2v) is 7.63. The maximum absolute atomic E-state index is 12.8. The van der Waals surface area contributed by atoms with Gasteiger partial charge in [0.2, 0.25) is 5.91 Å². The number of carbonyl (C=O) groups is 1. The number of amides is 1. The molecular weight excluding hydrogens is 386 g/mol. The first-order valence-electron chi connectivity index (χ1n) is 10.4. The van der Waals surface area contributed by atoms with E-state index in [2.05, 4.69) is 5.32 Å². The lowest BCUT2D eigenvalue weighted by Gasteiger charge is -2.19. The van der Waals surface area contributed by atoms with Gasteiger partial charge in [0.1, 0.15) is 0 Å². The van der Waals surface area contributed by atoms with Crippen LogP contribution in [0.1, 0.15) is 36.6 Å². The van der Waals surface area contributed by atoms with Crippen LogP contribution in [-0.4, -0.2) is 27.6 Å². The summed E-state index contributed by atoms with van der Waals surface area (Å²) in [5, 5.41) is 13.6. The second kappa shape index (κ2) is 9.49. The molecule has 2 N–H and O–H groups in total. The molecule has 2 unspecified atom stereocenters. The van der Waals surface area contributed by atoms with E-state index < -0.39 is 6.04 Å². The molecule has 1 aromatic heterocycles. The minimum absolute atomic E-state index is 0.120. The van der Waals surface area contributed by atoms with Crippen LogP contribution in [-0.2, 0) is 4.79 Å². The molecule has 0 radical (unpaired) electrons. The summed E-state index contributed by atoms with van der Waals surface area (Å²) in [5.74, 6) is 0.406. The Bertz CT molecular complexity index is 1160. The highest BCUT2D eigenvalue weighted by Crippen LogP contribution is 2.28. The Kier molecular flexibility index (Phi) is 6.34. The van der Waals surface area contributed by atoms with Crippen LogP contribution in [0.25, 0.3) is 22.3 Å². The van der Waals surface area contributed by atoms with Gasteiger partial charge in [-0.2, -0.15) is 0 Å². The second-order valence-electron chi connectivity index (χ2n) is 7.63. The molecule has 0 aliphatic heterocycles. The van der Waals surface area contributed by atoms with Gasteiger partial charge in [-0.1, -0.05) is 85.8 Å². The van der Waals surface area contributed by atoms with Crippen molar-refractivity contribution >= 4 is 16.8 Å². The van der Waals surface area contributed by atoms with Crippen LogP contribution in [0.15, 0.2) is 84.9 Å². The summed E-state index contributed by atoms with van der Waals surface area (Å²) in [4.78, 5) is 22.4. The predicted octanol–water partition coefficient (Wildman–Crippen LogP) is 4.64. The first kappa shape index (κ1) is 20.7. The minimum atomic E-state index is -0.428. The largest absolute Gasteiger partial charge is 0.394 e. The van der Waals surface area contributed by atoms with Gasteiger partial charge in [0, 0.05) is 23.3 Å². The van der Waals surface area contributed by atoms with Gasteiger partial charge in [0.25, 0.3) is 0 Å². The molecule has 0 bridgehead atoms. The standard InChI is InChI=1S/C26H25N3O2/c1-18(16-24(31)27-23(17-30)19-10-4-2-5-11-19)25-21-14-8-9-15-22(21)28-26(29-25)20-12-6-3-7-13-20/h2-15,18,23,30H,16-17H2,1H3,(H,27,31). The molecule has 0 aliphatic rings. The third kappa shape index (κ3) is 4.78. The zero-order valence-corrected chi connectivity index (χ0v) is 17.4. The number of aromatic nitrogens is 2. The van der Waals surface area contributed by atoms with Crippen LogP contribution in [0.2, 0.25) is 0 Å². The van der Waals surface area contributed by atoms with Gasteiger partial charge < -0.3 is 10.4 Å². The number of aliphatic hydroxyl groups excluding tert-OH is 1. The molecule has 156 valence electrons. The Morgan fingerprint density at radius 3 is 2.26 bits per heavy atom. The Labute approximate surface area is 181 Å². The molecule has 0 fully saturated rings. The highest BCUT2D eigenvalue weighted by molar-refractivity contribution is 5.84. The average Bonchev–Trinajstić information content (AvgIpc) is 2.82. The van der Waals surface area contributed by atoms with Gasteiger partial charge in [0.05, 0.1) is 23.9 Å². The molecule has 2 atom stereocenters. The number of nitrogens with one attached hydrogen (secondary N) is 1. The molecule has 4 rings (SSSR count). The van der Waals surface area contributed by atoms with Crippen molar-refractivity contribution in [3.63, 3.8) is 0 Å². The van der Waals surface area contributed by atoms with E-state index >= 15 is 0 Å². The predicted molar refractivity (Wildman–Crippen MR) is 122 cm³/mol. The third-order valence-electron chi connectivity index (χ3n) is 5.34. The van der Waals surface area contributed by atoms with Crippen LogP contribution in [0.5, 0.6) is 0 Å². The van der Waals surface area contributed by atoms with Crippen LogP contribution in [0.4, 0.5) is 0 Å². The minimum Gasteiger partial charge on any atom is -0.394 e. The number of benzene rings is 3. The van der Waals surface area contributed by atoms with E-state index in [1.165, 1.54) is 0 Å². The van der Waals surface area contributed by atoms with Crippen molar-refractivity contribution in [1.29, 1.82) is 0 Å². The Morgan fingerprint density at radius 2 is 1.55 bits per heavy atom. The van der Waals surface area contributed by atoms with Crippen molar-refractivity contribution < 1.29 is 9.90 Å². The van der Waals surface area contributed by atoms with Gasteiger partial charge in [-0.05, 0) is 11.6 Å². The fraction of sp³-hybridized carbons (Fsp3) is 0.192. The SMILES string of the molecule is CC(CC(=O)NC(CO)c1ccccc1)c1nc(-c2ccccc2)nc2ccccc12. The summed E-state index contributed by atoms with van der Waals surface area (Å²) < 4.78 is 0.